The summed E-state index contributed by atoms with van der Waals surface area (Å²) in [6.45, 7) is 1.90. The third-order valence-electron chi connectivity index (χ3n) is 4.17. The van der Waals surface area contributed by atoms with E-state index in [1.807, 2.05) is 4.72 Å². The van der Waals surface area contributed by atoms with Crippen molar-refractivity contribution in [1.29, 1.82) is 5.41 Å². The van der Waals surface area contributed by atoms with Gasteiger partial charge in [-0.05, 0) is 31.0 Å². The Hall–Kier alpha value is -3.70. The largest absolute Gasteiger partial charge is 0.494 e. The second-order valence-corrected chi connectivity index (χ2v) is 8.78. The van der Waals surface area contributed by atoms with Gasteiger partial charge in [0.2, 0.25) is 5.96 Å². The van der Waals surface area contributed by atoms with Gasteiger partial charge in [0, 0.05) is 12.6 Å². The molecule has 1 aromatic carbocycles. The quantitative estimate of drug-likeness (QED) is 0.0633. The number of aromatic nitrogens is 2. The van der Waals surface area contributed by atoms with Gasteiger partial charge >= 0.3 is 18.1 Å². The van der Waals surface area contributed by atoms with Crippen molar-refractivity contribution in [2.24, 2.45) is 5.73 Å². The lowest BCUT2D eigenvalue weighted by Gasteiger charge is -2.17. The van der Waals surface area contributed by atoms with Crippen LogP contribution >= 0.6 is 0 Å². The van der Waals surface area contributed by atoms with Crippen molar-refractivity contribution >= 4 is 27.9 Å². The van der Waals surface area contributed by atoms with E-state index >= 15 is 0 Å². The molecule has 13 nitrogen and oxygen atoms in total. The molecule has 198 valence electrons. The van der Waals surface area contributed by atoms with E-state index in [1.54, 1.807) is 0 Å². The summed E-state index contributed by atoms with van der Waals surface area (Å²) in [5, 5.41) is 6.42. The van der Waals surface area contributed by atoms with E-state index < -0.39 is 45.6 Å². The molecule has 0 unspecified atom stereocenters. The van der Waals surface area contributed by atoms with Crippen molar-refractivity contribution in [3.8, 4) is 5.75 Å². The Morgan fingerprint density at radius 1 is 1.22 bits per heavy atom. The number of nitrogens with two attached hydrogens (primary N) is 1. The van der Waals surface area contributed by atoms with Gasteiger partial charge in [-0.15, -0.1) is 0 Å². The van der Waals surface area contributed by atoms with E-state index in [1.165, 1.54) is 31.2 Å². The number of benzene rings is 1. The SMILES string of the molecule is Cc1nc(S(=O)(=O)N[C@@H](Cc2ccc(OCCCONC(=N)N)cc2)C(=O)OC(=O)C(F)(F)F)c[nH]1. The van der Waals surface area contributed by atoms with Gasteiger partial charge in [-0.2, -0.15) is 17.9 Å². The average Bonchev–Trinajstić information content (AvgIpc) is 3.23. The number of rotatable bonds is 12. The second-order valence-electron chi connectivity index (χ2n) is 7.12. The summed E-state index contributed by atoms with van der Waals surface area (Å²) in [5.74, 6) is -4.24. The maximum absolute atomic E-state index is 12.6. The fraction of sp³-hybridized carbons (Fsp3) is 0.368. The fourth-order valence-corrected chi connectivity index (χ4v) is 3.73. The van der Waals surface area contributed by atoms with Crippen molar-refractivity contribution in [2.75, 3.05) is 13.2 Å². The van der Waals surface area contributed by atoms with Crippen molar-refractivity contribution in [2.45, 2.75) is 37.0 Å². The molecular weight excluding hydrogens is 513 g/mol. The highest BCUT2D eigenvalue weighted by molar-refractivity contribution is 7.89. The first kappa shape index (κ1) is 28.5. The van der Waals surface area contributed by atoms with Gasteiger partial charge in [0.25, 0.3) is 10.0 Å². The molecular formula is C19H23F3N6O7S. The van der Waals surface area contributed by atoms with Crippen LogP contribution in [-0.2, 0) is 35.6 Å². The number of carbonyl (C=O) groups is 2. The predicted octanol–water partition coefficient (Wildman–Crippen LogP) is 0.423. The zero-order valence-corrected chi connectivity index (χ0v) is 19.5. The maximum Gasteiger partial charge on any atom is 0.491 e. The number of esters is 2. The van der Waals surface area contributed by atoms with Crippen LogP contribution in [0.25, 0.3) is 0 Å². The molecule has 0 aliphatic carbocycles. The van der Waals surface area contributed by atoms with Crippen molar-refractivity contribution in [1.82, 2.24) is 20.2 Å². The highest BCUT2D eigenvalue weighted by atomic mass is 32.2. The first-order chi connectivity index (χ1) is 16.8. The predicted molar refractivity (Wildman–Crippen MR) is 116 cm³/mol. The molecule has 2 rings (SSSR count). The minimum Gasteiger partial charge on any atom is -0.494 e. The van der Waals surface area contributed by atoms with Crippen LogP contribution in [0.15, 0.2) is 35.5 Å². The molecule has 1 aromatic heterocycles. The number of nitrogens with zero attached hydrogens (tertiary/aromatic N) is 1. The lowest BCUT2D eigenvalue weighted by atomic mass is 10.1. The highest BCUT2D eigenvalue weighted by Gasteiger charge is 2.44. The number of alkyl halides is 3. The van der Waals surface area contributed by atoms with Crippen LogP contribution in [0.4, 0.5) is 13.2 Å². The van der Waals surface area contributed by atoms with Gasteiger partial charge in [0.1, 0.15) is 17.6 Å². The monoisotopic (exact) mass is 536 g/mol. The minimum atomic E-state index is -5.45. The van der Waals surface area contributed by atoms with Gasteiger partial charge in [-0.25, -0.2) is 28.5 Å². The number of nitrogens with one attached hydrogen (secondary N) is 4. The number of aromatic amines is 1. The van der Waals surface area contributed by atoms with Crippen LogP contribution in [0.2, 0.25) is 0 Å². The standard InChI is InChI=1S/C19H23F3N6O7S/c1-11-25-10-15(26-11)36(31,32)28-14(16(29)35-17(30)19(20,21)22)9-12-3-5-13(6-4-12)33-7-2-8-34-27-18(23)24/h3-6,10,14,28H,2,7-9H2,1H3,(H,25,26)(H4,23,24,27)/t14-/m0/s1. The molecule has 0 fully saturated rings. The van der Waals surface area contributed by atoms with Crippen LogP contribution in [0, 0.1) is 12.3 Å². The smallest absolute Gasteiger partial charge is 0.491 e. The van der Waals surface area contributed by atoms with Crippen LogP contribution in [0.1, 0.15) is 17.8 Å². The summed E-state index contributed by atoms with van der Waals surface area (Å²) in [6, 6.07) is 3.98. The van der Waals surface area contributed by atoms with E-state index in [4.69, 9.17) is 20.7 Å². The molecule has 6 N–H and O–H groups in total. The molecule has 0 amide bonds. The van der Waals surface area contributed by atoms with E-state index in [9.17, 15) is 31.2 Å². The molecule has 0 saturated carbocycles. The van der Waals surface area contributed by atoms with E-state index in [0.29, 0.717) is 17.7 Å². The summed E-state index contributed by atoms with van der Waals surface area (Å²) in [4.78, 5) is 34.5. The Kier molecular flexibility index (Phi) is 9.76. The Bertz CT molecular complexity index is 1170. The van der Waals surface area contributed by atoms with Crippen LogP contribution in [0.3, 0.4) is 0 Å². The second kappa shape index (κ2) is 12.3. The number of hydrogen-bond acceptors (Lipinski definition) is 9. The van der Waals surface area contributed by atoms with Crippen LogP contribution in [0.5, 0.6) is 5.75 Å². The summed E-state index contributed by atoms with van der Waals surface area (Å²) in [7, 11) is -4.46. The van der Waals surface area contributed by atoms with Crippen molar-refractivity contribution in [3.63, 3.8) is 0 Å². The molecule has 0 spiro atoms. The number of imidazole rings is 1. The van der Waals surface area contributed by atoms with E-state index in [0.717, 1.165) is 6.20 Å². The summed E-state index contributed by atoms with van der Waals surface area (Å²) in [5.41, 5.74) is 7.53. The number of halogens is 3. The Morgan fingerprint density at radius 3 is 2.44 bits per heavy atom. The van der Waals surface area contributed by atoms with Gasteiger partial charge in [-0.3, -0.25) is 10.2 Å². The molecule has 0 aliphatic rings. The topological polar surface area (TPSA) is 199 Å². The Morgan fingerprint density at radius 2 is 1.89 bits per heavy atom. The molecule has 2 aromatic rings. The van der Waals surface area contributed by atoms with E-state index in [2.05, 4.69) is 20.2 Å². The van der Waals surface area contributed by atoms with Gasteiger partial charge in [0.15, 0.2) is 5.03 Å². The van der Waals surface area contributed by atoms with Gasteiger partial charge in [-0.1, -0.05) is 12.1 Å². The van der Waals surface area contributed by atoms with Crippen LogP contribution in [-0.4, -0.2) is 61.7 Å². The molecule has 36 heavy (non-hydrogen) atoms. The molecule has 1 heterocycles. The fourth-order valence-electron chi connectivity index (χ4n) is 2.58. The summed E-state index contributed by atoms with van der Waals surface area (Å²) >= 11 is 0. The Balaban J connectivity index is 2.07. The zero-order chi connectivity index (χ0) is 26.9. The number of hydrogen-bond donors (Lipinski definition) is 5. The molecule has 0 saturated heterocycles. The summed E-state index contributed by atoms with van der Waals surface area (Å²) in [6.07, 6.45) is -4.44. The normalized spacial score (nSPS) is 12.6. The Labute approximate surface area is 203 Å². The minimum absolute atomic E-state index is 0.202. The summed E-state index contributed by atoms with van der Waals surface area (Å²) < 4.78 is 74.0. The number of ether oxygens (including phenoxy) is 2. The molecule has 0 radical (unpaired) electrons. The maximum atomic E-state index is 12.6. The third-order valence-corrected chi connectivity index (χ3v) is 5.52. The number of aryl methyl sites for hydroxylation is 1. The number of hydroxylamine groups is 1. The number of carbonyl (C=O) groups excluding carboxylic acids is 2. The average molecular weight is 536 g/mol. The lowest BCUT2D eigenvalue weighted by molar-refractivity contribution is -0.202. The van der Waals surface area contributed by atoms with E-state index in [-0.39, 0.29) is 25.0 Å². The third kappa shape index (κ3) is 9.16. The first-order valence-electron chi connectivity index (χ1n) is 10.1. The number of sulfonamides is 1. The van der Waals surface area contributed by atoms with Gasteiger partial charge in [0.05, 0.1) is 13.2 Å². The number of H-pyrrole nitrogens is 1. The van der Waals surface area contributed by atoms with Crippen molar-refractivity contribution < 1.29 is 45.5 Å². The van der Waals surface area contributed by atoms with Crippen molar-refractivity contribution in [3.05, 3.63) is 41.9 Å². The van der Waals surface area contributed by atoms with Gasteiger partial charge < -0.3 is 20.2 Å². The first-order valence-corrected chi connectivity index (χ1v) is 11.6. The lowest BCUT2D eigenvalue weighted by Crippen LogP contribution is -2.45. The molecule has 0 aliphatic heterocycles. The molecule has 17 heteroatoms. The zero-order valence-electron chi connectivity index (χ0n) is 18.7. The van der Waals surface area contributed by atoms with Crippen LogP contribution < -0.4 is 20.7 Å². The molecule has 0 bridgehead atoms. The highest BCUT2D eigenvalue weighted by Crippen LogP contribution is 2.19. The number of guanidine groups is 1. The molecule has 1 atom stereocenters.